The minimum absolute atomic E-state index is 0.116. The molecule has 1 aromatic carbocycles. The number of pyridine rings is 1. The maximum Gasteiger partial charge on any atom is 0.410 e. The lowest BCUT2D eigenvalue weighted by Crippen LogP contribution is -2.44. The van der Waals surface area contributed by atoms with Gasteiger partial charge in [-0.15, -0.1) is 0 Å². The monoisotopic (exact) mass is 328 g/mol. The lowest BCUT2D eigenvalue weighted by molar-refractivity contribution is 0.0127. The van der Waals surface area contributed by atoms with Gasteiger partial charge in [0.05, 0.1) is 5.52 Å². The van der Waals surface area contributed by atoms with Gasteiger partial charge >= 0.3 is 6.09 Å². The number of hydrogen-bond acceptors (Lipinski definition) is 4. The molecule has 0 N–H and O–H groups in total. The highest BCUT2D eigenvalue weighted by atomic mass is 16.6. The summed E-state index contributed by atoms with van der Waals surface area (Å²) >= 11 is 0. The Morgan fingerprint density at radius 1 is 1.21 bits per heavy atom. The summed E-state index contributed by atoms with van der Waals surface area (Å²) in [6, 6.07) is 9.92. The van der Waals surface area contributed by atoms with Gasteiger partial charge in [-0.2, -0.15) is 0 Å². The van der Waals surface area contributed by atoms with Gasteiger partial charge in [-0.1, -0.05) is 6.07 Å². The lowest BCUT2D eigenvalue weighted by Gasteiger charge is -2.33. The highest BCUT2D eigenvalue weighted by Gasteiger charge is 2.27. The summed E-state index contributed by atoms with van der Waals surface area (Å²) in [6.45, 7) is 6.97. The fourth-order valence-electron chi connectivity index (χ4n) is 2.79. The number of nitrogens with zero attached hydrogens (tertiary/aromatic N) is 2. The van der Waals surface area contributed by atoms with E-state index in [9.17, 15) is 4.79 Å². The zero-order valence-corrected chi connectivity index (χ0v) is 14.5. The second-order valence-electron chi connectivity index (χ2n) is 7.14. The van der Waals surface area contributed by atoms with Crippen LogP contribution in [0.4, 0.5) is 4.79 Å². The maximum absolute atomic E-state index is 12.1. The van der Waals surface area contributed by atoms with Gasteiger partial charge in [-0.3, -0.25) is 4.98 Å². The summed E-state index contributed by atoms with van der Waals surface area (Å²) in [4.78, 5) is 18.2. The molecule has 0 aliphatic carbocycles. The average molecular weight is 328 g/mol. The minimum Gasteiger partial charge on any atom is -0.490 e. The molecule has 2 heterocycles. The van der Waals surface area contributed by atoms with E-state index in [0.717, 1.165) is 29.5 Å². The molecule has 1 saturated heterocycles. The van der Waals surface area contributed by atoms with Crippen LogP contribution in [0.1, 0.15) is 33.6 Å². The molecule has 1 aliphatic heterocycles. The molecule has 0 spiro atoms. The lowest BCUT2D eigenvalue weighted by atomic mass is 10.1. The van der Waals surface area contributed by atoms with Gasteiger partial charge in [-0.25, -0.2) is 4.79 Å². The van der Waals surface area contributed by atoms with Crippen LogP contribution in [0.5, 0.6) is 5.75 Å². The summed E-state index contributed by atoms with van der Waals surface area (Å²) < 4.78 is 11.5. The molecule has 0 radical (unpaired) electrons. The number of carbonyl (C=O) groups excluding carboxylic acids is 1. The summed E-state index contributed by atoms with van der Waals surface area (Å²) in [5.41, 5.74) is 0.476. The number of likely N-dealkylation sites (tertiary alicyclic amines) is 1. The van der Waals surface area contributed by atoms with Crippen LogP contribution in [0.25, 0.3) is 10.9 Å². The van der Waals surface area contributed by atoms with Crippen LogP contribution in [-0.4, -0.2) is 40.8 Å². The van der Waals surface area contributed by atoms with E-state index in [4.69, 9.17) is 9.47 Å². The highest BCUT2D eigenvalue weighted by Crippen LogP contribution is 2.23. The quantitative estimate of drug-likeness (QED) is 0.836. The standard InChI is InChI=1S/C19H24N2O3/c1-19(2,3)24-18(22)21-11-8-15(9-12-21)23-16-7-6-14-5-4-10-20-17(14)13-16/h4-7,10,13,15H,8-9,11-12H2,1-3H3. The molecule has 5 heteroatoms. The van der Waals surface area contributed by atoms with Gasteiger partial charge in [0.15, 0.2) is 0 Å². The normalized spacial score (nSPS) is 16.2. The number of rotatable bonds is 2. The second-order valence-corrected chi connectivity index (χ2v) is 7.14. The molecular formula is C19H24N2O3. The number of aromatic nitrogens is 1. The topological polar surface area (TPSA) is 51.7 Å². The Labute approximate surface area is 142 Å². The zero-order valence-electron chi connectivity index (χ0n) is 14.5. The molecular weight excluding hydrogens is 304 g/mol. The van der Waals surface area contributed by atoms with Crippen molar-refractivity contribution in [2.24, 2.45) is 0 Å². The molecule has 1 aromatic heterocycles. The van der Waals surface area contributed by atoms with Crippen molar-refractivity contribution in [2.45, 2.75) is 45.3 Å². The summed E-state index contributed by atoms with van der Waals surface area (Å²) in [5.74, 6) is 0.830. The Morgan fingerprint density at radius 3 is 2.67 bits per heavy atom. The predicted octanol–water partition coefficient (Wildman–Crippen LogP) is 4.01. The van der Waals surface area contributed by atoms with Crippen LogP contribution in [0.2, 0.25) is 0 Å². The molecule has 0 saturated carbocycles. The van der Waals surface area contributed by atoms with E-state index in [-0.39, 0.29) is 12.2 Å². The Kier molecular flexibility index (Phi) is 4.60. The molecule has 128 valence electrons. The van der Waals surface area contributed by atoms with E-state index in [1.807, 2.05) is 51.1 Å². The number of hydrogen-bond donors (Lipinski definition) is 0. The van der Waals surface area contributed by atoms with Gasteiger partial charge in [0.25, 0.3) is 0 Å². The first kappa shape index (κ1) is 16.6. The van der Waals surface area contributed by atoms with Crippen LogP contribution >= 0.6 is 0 Å². The van der Waals surface area contributed by atoms with Crippen molar-refractivity contribution in [3.05, 3.63) is 36.5 Å². The van der Waals surface area contributed by atoms with Crippen LogP contribution in [-0.2, 0) is 4.74 Å². The van der Waals surface area contributed by atoms with Crippen LogP contribution < -0.4 is 4.74 Å². The van der Waals surface area contributed by atoms with Gasteiger partial charge in [0, 0.05) is 43.6 Å². The number of benzene rings is 1. The van der Waals surface area contributed by atoms with Gasteiger partial charge in [0.1, 0.15) is 17.5 Å². The Morgan fingerprint density at radius 2 is 1.96 bits per heavy atom. The zero-order chi connectivity index (χ0) is 17.2. The van der Waals surface area contributed by atoms with Crippen molar-refractivity contribution >= 4 is 17.0 Å². The smallest absolute Gasteiger partial charge is 0.410 e. The van der Waals surface area contributed by atoms with E-state index in [2.05, 4.69) is 4.98 Å². The molecule has 2 aromatic rings. The number of amides is 1. The second kappa shape index (κ2) is 6.67. The van der Waals surface area contributed by atoms with Crippen molar-refractivity contribution in [3.63, 3.8) is 0 Å². The van der Waals surface area contributed by atoms with E-state index in [0.29, 0.717) is 13.1 Å². The van der Waals surface area contributed by atoms with Crippen molar-refractivity contribution in [1.29, 1.82) is 0 Å². The molecule has 3 rings (SSSR count). The van der Waals surface area contributed by atoms with E-state index in [1.165, 1.54) is 0 Å². The fourth-order valence-corrected chi connectivity index (χ4v) is 2.79. The van der Waals surface area contributed by atoms with Gasteiger partial charge < -0.3 is 14.4 Å². The van der Waals surface area contributed by atoms with Gasteiger partial charge in [-0.05, 0) is 39.0 Å². The molecule has 0 bridgehead atoms. The maximum atomic E-state index is 12.1. The third-order valence-electron chi connectivity index (χ3n) is 3.97. The SMILES string of the molecule is CC(C)(C)OC(=O)N1CCC(Oc2ccc3cccnc3c2)CC1. The Hall–Kier alpha value is -2.30. The van der Waals surface area contributed by atoms with Crippen molar-refractivity contribution < 1.29 is 14.3 Å². The van der Waals surface area contributed by atoms with Crippen LogP contribution in [0.3, 0.4) is 0 Å². The molecule has 0 atom stereocenters. The number of ether oxygens (including phenoxy) is 2. The summed E-state index contributed by atoms with van der Waals surface area (Å²) in [7, 11) is 0. The van der Waals surface area contributed by atoms with Crippen LogP contribution in [0, 0.1) is 0 Å². The molecule has 5 nitrogen and oxygen atoms in total. The molecule has 1 amide bonds. The molecule has 1 fully saturated rings. The largest absolute Gasteiger partial charge is 0.490 e. The number of carbonyl (C=O) groups is 1. The van der Waals surface area contributed by atoms with E-state index < -0.39 is 5.60 Å². The predicted molar refractivity (Wildman–Crippen MR) is 93.2 cm³/mol. The minimum atomic E-state index is -0.456. The molecule has 1 aliphatic rings. The van der Waals surface area contributed by atoms with Gasteiger partial charge in [0.2, 0.25) is 0 Å². The highest BCUT2D eigenvalue weighted by molar-refractivity contribution is 5.79. The molecule has 0 unspecified atom stereocenters. The summed E-state index contributed by atoms with van der Waals surface area (Å²) in [6.07, 6.45) is 3.27. The summed E-state index contributed by atoms with van der Waals surface area (Å²) in [5, 5.41) is 1.10. The third-order valence-corrected chi connectivity index (χ3v) is 3.97. The molecule has 24 heavy (non-hydrogen) atoms. The Bertz CT molecular complexity index is 716. The van der Waals surface area contributed by atoms with Crippen molar-refractivity contribution in [1.82, 2.24) is 9.88 Å². The first-order valence-corrected chi connectivity index (χ1v) is 8.40. The first-order valence-electron chi connectivity index (χ1n) is 8.40. The fraction of sp³-hybridized carbons (Fsp3) is 0.474. The number of fused-ring (bicyclic) bond motifs is 1. The number of piperidine rings is 1. The van der Waals surface area contributed by atoms with Crippen LogP contribution in [0.15, 0.2) is 36.5 Å². The average Bonchev–Trinajstić information content (AvgIpc) is 2.54. The van der Waals surface area contributed by atoms with Crippen molar-refractivity contribution in [3.8, 4) is 5.75 Å². The van der Waals surface area contributed by atoms with E-state index >= 15 is 0 Å². The first-order chi connectivity index (χ1) is 11.4. The third kappa shape index (κ3) is 4.16. The Balaban J connectivity index is 1.55. The van der Waals surface area contributed by atoms with Crippen molar-refractivity contribution in [2.75, 3.05) is 13.1 Å². The van der Waals surface area contributed by atoms with E-state index in [1.54, 1.807) is 11.1 Å².